The maximum Gasteiger partial charge on any atom is 0.265 e. The van der Waals surface area contributed by atoms with Gasteiger partial charge in [-0.25, -0.2) is 0 Å². The number of aryl methyl sites for hydroxylation is 1. The van der Waals surface area contributed by atoms with Crippen LogP contribution in [-0.2, 0) is 9.59 Å². The van der Waals surface area contributed by atoms with E-state index in [4.69, 9.17) is 4.74 Å². The predicted molar refractivity (Wildman–Crippen MR) is 105 cm³/mol. The number of benzene rings is 2. The highest BCUT2D eigenvalue weighted by Crippen LogP contribution is 2.28. The van der Waals surface area contributed by atoms with Crippen molar-refractivity contribution < 1.29 is 14.3 Å². The van der Waals surface area contributed by atoms with Crippen molar-refractivity contribution in [2.24, 2.45) is 0 Å². The molecule has 2 rings (SSSR count). The Hall–Kier alpha value is -2.82. The lowest BCUT2D eigenvalue weighted by molar-refractivity contribution is -0.122. The Labute approximate surface area is 154 Å². The van der Waals surface area contributed by atoms with Crippen LogP contribution >= 0.6 is 0 Å². The summed E-state index contributed by atoms with van der Waals surface area (Å²) >= 11 is 0. The van der Waals surface area contributed by atoms with Crippen molar-refractivity contribution in [1.82, 2.24) is 0 Å². The SMILES string of the molecule is CC(=O)Nc1cccc(NC(=O)[C@H](C)Oc2cc(C)ccc2C(C)C)c1. The van der Waals surface area contributed by atoms with Gasteiger partial charge >= 0.3 is 0 Å². The minimum absolute atomic E-state index is 0.161. The van der Waals surface area contributed by atoms with E-state index in [0.717, 1.165) is 16.9 Å². The van der Waals surface area contributed by atoms with E-state index in [2.05, 4.69) is 24.5 Å². The molecule has 2 aromatic rings. The lowest BCUT2D eigenvalue weighted by atomic mass is 10.0. The van der Waals surface area contributed by atoms with Crippen molar-refractivity contribution in [2.75, 3.05) is 10.6 Å². The second-order valence-electron chi connectivity index (χ2n) is 6.71. The third-order valence-electron chi connectivity index (χ3n) is 3.91. The molecule has 0 aliphatic rings. The molecule has 0 aliphatic carbocycles. The molecule has 0 saturated carbocycles. The Morgan fingerprint density at radius 3 is 2.23 bits per heavy atom. The third kappa shape index (κ3) is 5.34. The van der Waals surface area contributed by atoms with Crippen molar-refractivity contribution in [2.45, 2.75) is 46.6 Å². The molecule has 2 amide bonds. The van der Waals surface area contributed by atoms with Gasteiger partial charge in [-0.05, 0) is 55.2 Å². The van der Waals surface area contributed by atoms with Gasteiger partial charge in [-0.15, -0.1) is 0 Å². The summed E-state index contributed by atoms with van der Waals surface area (Å²) in [5.74, 6) is 0.622. The first kappa shape index (κ1) is 19.5. The van der Waals surface area contributed by atoms with Crippen LogP contribution in [0.1, 0.15) is 44.7 Å². The Bertz CT molecular complexity index is 800. The van der Waals surface area contributed by atoms with Gasteiger partial charge in [0.2, 0.25) is 5.91 Å². The number of anilines is 2. The third-order valence-corrected chi connectivity index (χ3v) is 3.91. The first-order valence-electron chi connectivity index (χ1n) is 8.72. The summed E-state index contributed by atoms with van der Waals surface area (Å²) in [6.45, 7) is 9.34. The number of carbonyl (C=O) groups is 2. The Kier molecular flexibility index (Phi) is 6.39. The molecule has 0 heterocycles. The van der Waals surface area contributed by atoms with E-state index in [-0.39, 0.29) is 11.8 Å². The van der Waals surface area contributed by atoms with Crippen LogP contribution in [0.4, 0.5) is 11.4 Å². The summed E-state index contributed by atoms with van der Waals surface area (Å²) < 4.78 is 5.93. The molecule has 0 aliphatic heterocycles. The summed E-state index contributed by atoms with van der Waals surface area (Å²) in [5, 5.41) is 5.52. The minimum Gasteiger partial charge on any atom is -0.481 e. The maximum atomic E-state index is 12.5. The molecule has 0 spiro atoms. The first-order chi connectivity index (χ1) is 12.3. The van der Waals surface area contributed by atoms with E-state index in [9.17, 15) is 9.59 Å². The molecule has 1 atom stereocenters. The fraction of sp³-hybridized carbons (Fsp3) is 0.333. The molecular formula is C21H26N2O3. The molecular weight excluding hydrogens is 328 g/mol. The summed E-state index contributed by atoms with van der Waals surface area (Å²) in [6, 6.07) is 13.0. The number of nitrogens with one attached hydrogen (secondary N) is 2. The smallest absolute Gasteiger partial charge is 0.265 e. The standard InChI is InChI=1S/C21H26N2O3/c1-13(2)19-10-9-14(3)11-20(19)26-15(4)21(25)23-18-8-6-7-17(12-18)22-16(5)24/h6-13,15H,1-5H3,(H,22,24)(H,23,25)/t15-/m0/s1. The van der Waals surface area contributed by atoms with E-state index in [1.165, 1.54) is 6.92 Å². The predicted octanol–water partition coefficient (Wildman–Crippen LogP) is 4.48. The Morgan fingerprint density at radius 2 is 1.62 bits per heavy atom. The van der Waals surface area contributed by atoms with Gasteiger partial charge in [-0.1, -0.05) is 32.0 Å². The fourth-order valence-corrected chi connectivity index (χ4v) is 2.59. The van der Waals surface area contributed by atoms with Gasteiger partial charge in [0, 0.05) is 18.3 Å². The van der Waals surface area contributed by atoms with Gasteiger partial charge < -0.3 is 15.4 Å². The quantitative estimate of drug-likeness (QED) is 0.803. The molecule has 138 valence electrons. The van der Waals surface area contributed by atoms with Crippen molar-refractivity contribution in [3.8, 4) is 5.75 Å². The van der Waals surface area contributed by atoms with Crippen LogP contribution in [-0.4, -0.2) is 17.9 Å². The molecule has 5 nitrogen and oxygen atoms in total. The Morgan fingerprint density at radius 1 is 0.962 bits per heavy atom. The molecule has 0 fully saturated rings. The summed E-state index contributed by atoms with van der Waals surface area (Å²) in [4.78, 5) is 23.6. The second kappa shape index (κ2) is 8.52. The lowest BCUT2D eigenvalue weighted by Crippen LogP contribution is -2.30. The normalized spacial score (nSPS) is 11.8. The average Bonchev–Trinajstić information content (AvgIpc) is 2.54. The van der Waals surface area contributed by atoms with E-state index < -0.39 is 6.10 Å². The van der Waals surface area contributed by atoms with Gasteiger partial charge in [0.05, 0.1) is 0 Å². The van der Waals surface area contributed by atoms with E-state index in [1.54, 1.807) is 31.2 Å². The highest BCUT2D eigenvalue weighted by molar-refractivity contribution is 5.95. The second-order valence-corrected chi connectivity index (χ2v) is 6.71. The molecule has 2 N–H and O–H groups in total. The minimum atomic E-state index is -0.654. The van der Waals surface area contributed by atoms with Gasteiger partial charge in [-0.2, -0.15) is 0 Å². The van der Waals surface area contributed by atoms with Crippen LogP contribution < -0.4 is 15.4 Å². The largest absolute Gasteiger partial charge is 0.481 e. The van der Waals surface area contributed by atoms with Crippen molar-refractivity contribution in [3.05, 3.63) is 53.6 Å². The zero-order valence-corrected chi connectivity index (χ0v) is 15.9. The number of hydrogen-bond acceptors (Lipinski definition) is 3. The van der Waals surface area contributed by atoms with Crippen molar-refractivity contribution in [3.63, 3.8) is 0 Å². The number of hydrogen-bond donors (Lipinski definition) is 2. The average molecular weight is 354 g/mol. The van der Waals surface area contributed by atoms with Crippen LogP contribution in [0.5, 0.6) is 5.75 Å². The van der Waals surface area contributed by atoms with Crippen LogP contribution in [0.25, 0.3) is 0 Å². The Balaban J connectivity index is 2.09. The number of amides is 2. The number of rotatable bonds is 6. The highest BCUT2D eigenvalue weighted by atomic mass is 16.5. The zero-order valence-electron chi connectivity index (χ0n) is 15.9. The van der Waals surface area contributed by atoms with Crippen LogP contribution in [0.15, 0.2) is 42.5 Å². The monoisotopic (exact) mass is 354 g/mol. The summed E-state index contributed by atoms with van der Waals surface area (Å²) in [6.07, 6.45) is -0.654. The molecule has 0 unspecified atom stereocenters. The number of ether oxygens (including phenoxy) is 1. The highest BCUT2D eigenvalue weighted by Gasteiger charge is 2.18. The van der Waals surface area contributed by atoms with Gasteiger partial charge in [-0.3, -0.25) is 9.59 Å². The topological polar surface area (TPSA) is 67.4 Å². The number of carbonyl (C=O) groups excluding carboxylic acids is 2. The molecule has 2 aromatic carbocycles. The van der Waals surface area contributed by atoms with Gasteiger partial charge in [0.25, 0.3) is 5.91 Å². The van der Waals surface area contributed by atoms with E-state index in [0.29, 0.717) is 17.3 Å². The molecule has 0 aromatic heterocycles. The van der Waals surface area contributed by atoms with Crippen LogP contribution in [0.3, 0.4) is 0 Å². The first-order valence-corrected chi connectivity index (χ1v) is 8.72. The van der Waals surface area contributed by atoms with Crippen molar-refractivity contribution in [1.29, 1.82) is 0 Å². The molecule has 0 saturated heterocycles. The van der Waals surface area contributed by atoms with Crippen molar-refractivity contribution >= 4 is 23.2 Å². The summed E-state index contributed by atoms with van der Waals surface area (Å²) in [5.41, 5.74) is 3.39. The summed E-state index contributed by atoms with van der Waals surface area (Å²) in [7, 11) is 0. The maximum absolute atomic E-state index is 12.5. The lowest BCUT2D eigenvalue weighted by Gasteiger charge is -2.19. The molecule has 0 radical (unpaired) electrons. The fourth-order valence-electron chi connectivity index (χ4n) is 2.59. The zero-order chi connectivity index (χ0) is 19.3. The van der Waals surface area contributed by atoms with Crippen LogP contribution in [0, 0.1) is 6.92 Å². The molecule has 0 bridgehead atoms. The van der Waals surface area contributed by atoms with E-state index in [1.807, 2.05) is 25.1 Å². The van der Waals surface area contributed by atoms with Crippen LogP contribution in [0.2, 0.25) is 0 Å². The molecule has 26 heavy (non-hydrogen) atoms. The van der Waals surface area contributed by atoms with Gasteiger partial charge in [0.15, 0.2) is 6.10 Å². The van der Waals surface area contributed by atoms with E-state index >= 15 is 0 Å². The molecule has 5 heteroatoms. The van der Waals surface area contributed by atoms with Gasteiger partial charge in [0.1, 0.15) is 5.75 Å².